The van der Waals surface area contributed by atoms with E-state index in [2.05, 4.69) is 10.6 Å². The molecule has 0 heterocycles. The molecule has 0 saturated heterocycles. The summed E-state index contributed by atoms with van der Waals surface area (Å²) in [7, 11) is 0. The zero-order valence-corrected chi connectivity index (χ0v) is 9.33. The Hall–Kier alpha value is -1.26. The van der Waals surface area contributed by atoms with Crippen molar-refractivity contribution in [2.45, 2.75) is 19.0 Å². The molecule has 0 amide bonds. The maximum Gasteiger partial charge on any atom is 0.323 e. The molecule has 17 heavy (non-hydrogen) atoms. The van der Waals surface area contributed by atoms with Crippen molar-refractivity contribution in [1.29, 1.82) is 0 Å². The van der Waals surface area contributed by atoms with E-state index in [-0.39, 0.29) is 6.73 Å². The minimum atomic E-state index is -1.17. The molecule has 0 aromatic carbocycles. The molecule has 9 nitrogen and oxygen atoms in total. The highest BCUT2D eigenvalue weighted by Crippen LogP contribution is 1.78. The molecule has 0 radical (unpaired) electrons. The summed E-state index contributed by atoms with van der Waals surface area (Å²) in [5, 5.41) is 45.3. The number of aliphatic hydroxyl groups is 3. The molecule has 0 fully saturated rings. The molecule has 0 aliphatic heterocycles. The Bertz CT molecular complexity index is 224. The molecular formula is C8H18N2O7. The van der Waals surface area contributed by atoms with Crippen LogP contribution in [0, 0.1) is 0 Å². The summed E-state index contributed by atoms with van der Waals surface area (Å²) in [6.45, 7) is 0.194. The van der Waals surface area contributed by atoms with Crippen molar-refractivity contribution in [3.05, 3.63) is 0 Å². The van der Waals surface area contributed by atoms with Crippen LogP contribution in [0.2, 0.25) is 0 Å². The van der Waals surface area contributed by atoms with Crippen LogP contribution in [0.5, 0.6) is 0 Å². The summed E-state index contributed by atoms with van der Waals surface area (Å²) in [5.74, 6) is -2.13. The highest BCUT2D eigenvalue weighted by molar-refractivity contribution is 5.73. The van der Waals surface area contributed by atoms with Crippen LogP contribution < -0.4 is 10.6 Å². The van der Waals surface area contributed by atoms with Crippen LogP contribution in [0.3, 0.4) is 0 Å². The molecule has 0 aliphatic carbocycles. The average molecular weight is 254 g/mol. The summed E-state index contributed by atoms with van der Waals surface area (Å²) in [6, 6.07) is -1.73. The predicted octanol–water partition coefficient (Wildman–Crippen LogP) is -3.03. The zero-order valence-electron chi connectivity index (χ0n) is 9.33. The largest absolute Gasteiger partial charge is 0.480 e. The van der Waals surface area contributed by atoms with Crippen molar-refractivity contribution in [2.24, 2.45) is 0 Å². The Kier molecular flexibility index (Phi) is 12.0. The standard InChI is InChI=1S/C4H9NO4.C4H9NO3/c6-1-3(4(8)9)5-2-7;1-3(4(7)8)5-2-6/h3,5-7H,1-2H2,(H,8,9);3,5-6H,2H2,1H3,(H,7,8). The van der Waals surface area contributed by atoms with Crippen LogP contribution in [-0.4, -0.2) is 69.6 Å². The molecule has 7 N–H and O–H groups in total. The first kappa shape index (κ1) is 18.1. The lowest BCUT2D eigenvalue weighted by Gasteiger charge is -2.06. The van der Waals surface area contributed by atoms with Crippen LogP contribution in [0.25, 0.3) is 0 Å². The van der Waals surface area contributed by atoms with E-state index in [0.717, 1.165) is 0 Å². The molecule has 0 aromatic rings. The van der Waals surface area contributed by atoms with E-state index in [9.17, 15) is 9.59 Å². The lowest BCUT2D eigenvalue weighted by molar-refractivity contribution is -0.141. The smallest absolute Gasteiger partial charge is 0.323 e. The number of hydrogen-bond donors (Lipinski definition) is 7. The van der Waals surface area contributed by atoms with Crippen LogP contribution in [-0.2, 0) is 9.59 Å². The number of aliphatic carboxylic acids is 2. The summed E-state index contributed by atoms with van der Waals surface area (Å²) in [4.78, 5) is 19.9. The number of hydrogen-bond acceptors (Lipinski definition) is 7. The minimum Gasteiger partial charge on any atom is -0.480 e. The maximum atomic E-state index is 9.99. The summed E-state index contributed by atoms with van der Waals surface area (Å²) in [5.41, 5.74) is 0. The molecular weight excluding hydrogens is 236 g/mol. The van der Waals surface area contributed by atoms with Gasteiger partial charge in [0.1, 0.15) is 12.1 Å². The third-order valence-electron chi connectivity index (χ3n) is 1.59. The van der Waals surface area contributed by atoms with Gasteiger partial charge in [-0.25, -0.2) is 0 Å². The quantitative estimate of drug-likeness (QED) is 0.234. The number of aliphatic hydroxyl groups excluding tert-OH is 3. The molecule has 0 aromatic heterocycles. The number of carboxylic acid groups (broad SMARTS) is 2. The lowest BCUT2D eigenvalue weighted by Crippen LogP contribution is -2.40. The SMILES string of the molecule is CC(NCO)C(=O)O.O=C(O)C(CO)NCO. The van der Waals surface area contributed by atoms with Crippen LogP contribution in [0.4, 0.5) is 0 Å². The van der Waals surface area contributed by atoms with Crippen molar-refractivity contribution < 1.29 is 35.1 Å². The van der Waals surface area contributed by atoms with Gasteiger partial charge < -0.3 is 25.5 Å². The number of carboxylic acids is 2. The normalized spacial score (nSPS) is 13.2. The fourth-order valence-electron chi connectivity index (χ4n) is 0.564. The van der Waals surface area contributed by atoms with Crippen LogP contribution in [0.1, 0.15) is 6.92 Å². The first-order valence-corrected chi connectivity index (χ1v) is 4.65. The van der Waals surface area contributed by atoms with Gasteiger partial charge in [-0.1, -0.05) is 0 Å². The van der Waals surface area contributed by atoms with E-state index >= 15 is 0 Å². The predicted molar refractivity (Wildman–Crippen MR) is 56.1 cm³/mol. The van der Waals surface area contributed by atoms with Crippen molar-refractivity contribution in [3.63, 3.8) is 0 Å². The van der Waals surface area contributed by atoms with Gasteiger partial charge in [0.05, 0.1) is 20.1 Å². The Morgan fingerprint density at radius 3 is 1.59 bits per heavy atom. The third kappa shape index (κ3) is 11.0. The second kappa shape index (κ2) is 11.2. The Morgan fingerprint density at radius 1 is 1.00 bits per heavy atom. The first-order valence-electron chi connectivity index (χ1n) is 4.65. The third-order valence-corrected chi connectivity index (χ3v) is 1.59. The molecule has 9 heteroatoms. The van der Waals surface area contributed by atoms with Gasteiger partial charge in [-0.3, -0.25) is 20.2 Å². The van der Waals surface area contributed by atoms with Crippen LogP contribution >= 0.6 is 0 Å². The van der Waals surface area contributed by atoms with Crippen molar-refractivity contribution >= 4 is 11.9 Å². The first-order chi connectivity index (χ1) is 7.90. The van der Waals surface area contributed by atoms with Gasteiger partial charge in [-0.05, 0) is 6.92 Å². The Labute approximate surface area is 97.7 Å². The summed E-state index contributed by atoms with van der Waals surface area (Å²) >= 11 is 0. The monoisotopic (exact) mass is 254 g/mol. The average Bonchev–Trinajstić information content (AvgIpc) is 2.26. The Morgan fingerprint density at radius 2 is 1.47 bits per heavy atom. The highest BCUT2D eigenvalue weighted by Gasteiger charge is 2.13. The molecule has 2 atom stereocenters. The number of carbonyl (C=O) groups is 2. The summed E-state index contributed by atoms with van der Waals surface area (Å²) in [6.07, 6.45) is 0. The number of rotatable bonds is 7. The van der Waals surface area contributed by atoms with E-state index in [1.165, 1.54) is 6.92 Å². The maximum absolute atomic E-state index is 9.99. The molecule has 102 valence electrons. The van der Waals surface area contributed by atoms with Crippen molar-refractivity contribution in [1.82, 2.24) is 10.6 Å². The molecule has 0 rings (SSSR count). The fourth-order valence-corrected chi connectivity index (χ4v) is 0.564. The highest BCUT2D eigenvalue weighted by atomic mass is 16.4. The number of nitrogens with one attached hydrogen (secondary N) is 2. The second-order valence-corrected chi connectivity index (χ2v) is 2.86. The fraction of sp³-hybridized carbons (Fsp3) is 0.750. The van der Waals surface area contributed by atoms with Gasteiger partial charge in [-0.15, -0.1) is 0 Å². The molecule has 0 bridgehead atoms. The molecule has 0 saturated carbocycles. The van der Waals surface area contributed by atoms with Gasteiger partial charge in [0.15, 0.2) is 0 Å². The van der Waals surface area contributed by atoms with Crippen LogP contribution in [0.15, 0.2) is 0 Å². The minimum absolute atomic E-state index is 0.298. The summed E-state index contributed by atoms with van der Waals surface area (Å²) < 4.78 is 0. The zero-order chi connectivity index (χ0) is 13.8. The van der Waals surface area contributed by atoms with Gasteiger partial charge in [-0.2, -0.15) is 0 Å². The van der Waals surface area contributed by atoms with Gasteiger partial charge >= 0.3 is 11.9 Å². The van der Waals surface area contributed by atoms with Gasteiger partial charge in [0.25, 0.3) is 0 Å². The lowest BCUT2D eigenvalue weighted by atomic mass is 10.3. The topological polar surface area (TPSA) is 159 Å². The van der Waals surface area contributed by atoms with Crippen molar-refractivity contribution in [2.75, 3.05) is 20.1 Å². The van der Waals surface area contributed by atoms with E-state index < -0.39 is 37.4 Å². The Balaban J connectivity index is 0. The van der Waals surface area contributed by atoms with E-state index in [0.29, 0.717) is 0 Å². The van der Waals surface area contributed by atoms with E-state index in [1.54, 1.807) is 0 Å². The van der Waals surface area contributed by atoms with Gasteiger partial charge in [0, 0.05) is 0 Å². The van der Waals surface area contributed by atoms with E-state index in [4.69, 9.17) is 25.5 Å². The molecule has 2 unspecified atom stereocenters. The molecule has 0 aliphatic rings. The van der Waals surface area contributed by atoms with Crippen molar-refractivity contribution in [3.8, 4) is 0 Å². The second-order valence-electron chi connectivity index (χ2n) is 2.86. The molecule has 0 spiro atoms. The van der Waals surface area contributed by atoms with Gasteiger partial charge in [0.2, 0.25) is 0 Å². The van der Waals surface area contributed by atoms with E-state index in [1.807, 2.05) is 0 Å².